The van der Waals surface area contributed by atoms with Crippen molar-refractivity contribution in [1.29, 1.82) is 0 Å². The van der Waals surface area contributed by atoms with Gasteiger partial charge in [-0.15, -0.1) is 0 Å². The molecule has 0 saturated carbocycles. The monoisotopic (exact) mass is 232 g/mol. The highest BCUT2D eigenvalue weighted by Gasteiger charge is 2.23. The van der Waals surface area contributed by atoms with Gasteiger partial charge in [-0.1, -0.05) is 0 Å². The van der Waals surface area contributed by atoms with E-state index in [1.165, 1.54) is 0 Å². The lowest BCUT2D eigenvalue weighted by Gasteiger charge is -2.09. The summed E-state index contributed by atoms with van der Waals surface area (Å²) in [4.78, 5) is 22.9. The average Bonchev–Trinajstić information content (AvgIpc) is 2.99. The number of fused-ring (bicyclic) bond motifs is 1. The smallest absolute Gasteiger partial charge is 0.253 e. The van der Waals surface area contributed by atoms with Gasteiger partial charge in [-0.2, -0.15) is 0 Å². The predicted molar refractivity (Wildman–Crippen MR) is 61.5 cm³/mol. The van der Waals surface area contributed by atoms with Gasteiger partial charge in [0.05, 0.1) is 23.7 Å². The summed E-state index contributed by atoms with van der Waals surface area (Å²) in [7, 11) is 0. The minimum atomic E-state index is -0.326. The first-order chi connectivity index (χ1) is 8.33. The summed E-state index contributed by atoms with van der Waals surface area (Å²) in [6.07, 6.45) is 4.56. The van der Waals surface area contributed by atoms with Crippen LogP contribution >= 0.6 is 0 Å². The van der Waals surface area contributed by atoms with Crippen molar-refractivity contribution in [2.45, 2.75) is 18.9 Å². The molecule has 1 atom stereocenters. The van der Waals surface area contributed by atoms with Crippen molar-refractivity contribution >= 4 is 22.8 Å². The second kappa shape index (κ2) is 4.14. The Balaban J connectivity index is 1.77. The van der Waals surface area contributed by atoms with Crippen molar-refractivity contribution in [3.63, 3.8) is 0 Å². The number of rotatable bonds is 2. The van der Waals surface area contributed by atoms with E-state index in [1.807, 2.05) is 6.07 Å². The van der Waals surface area contributed by atoms with E-state index in [2.05, 4.69) is 20.3 Å². The zero-order chi connectivity index (χ0) is 11.7. The Kier molecular flexibility index (Phi) is 2.49. The fourth-order valence-corrected chi connectivity index (χ4v) is 1.91. The molecule has 3 heterocycles. The Hall–Kier alpha value is -1.95. The number of nitrogens with zero attached hydrogens (tertiary/aromatic N) is 2. The molecule has 1 amide bonds. The van der Waals surface area contributed by atoms with Crippen molar-refractivity contribution in [2.24, 2.45) is 0 Å². The van der Waals surface area contributed by atoms with Crippen molar-refractivity contribution in [3.05, 3.63) is 18.6 Å². The Morgan fingerprint density at radius 3 is 3.29 bits per heavy atom. The number of hydrogen-bond acceptors (Lipinski definition) is 4. The summed E-state index contributed by atoms with van der Waals surface area (Å²) in [5.74, 6) is -0.108. The number of imidazole rings is 1. The van der Waals surface area contributed by atoms with E-state index in [4.69, 9.17) is 4.74 Å². The molecule has 1 aliphatic rings. The van der Waals surface area contributed by atoms with Gasteiger partial charge in [0.1, 0.15) is 6.10 Å². The molecule has 3 rings (SSSR count). The first kappa shape index (κ1) is 10.2. The van der Waals surface area contributed by atoms with Crippen LogP contribution in [0.5, 0.6) is 0 Å². The van der Waals surface area contributed by atoms with Gasteiger partial charge in [-0.3, -0.25) is 4.79 Å². The van der Waals surface area contributed by atoms with Crippen molar-refractivity contribution < 1.29 is 9.53 Å². The highest BCUT2D eigenvalue weighted by Crippen LogP contribution is 2.16. The Labute approximate surface area is 97.4 Å². The van der Waals surface area contributed by atoms with Gasteiger partial charge in [0.2, 0.25) is 0 Å². The molecule has 2 aromatic heterocycles. The number of carbonyl (C=O) groups excluding carboxylic acids is 1. The number of nitrogens with one attached hydrogen (secondary N) is 2. The van der Waals surface area contributed by atoms with Crippen LogP contribution in [0.1, 0.15) is 12.8 Å². The van der Waals surface area contributed by atoms with Crippen LogP contribution in [-0.4, -0.2) is 33.6 Å². The molecule has 1 fully saturated rings. The highest BCUT2D eigenvalue weighted by molar-refractivity contribution is 5.95. The van der Waals surface area contributed by atoms with E-state index in [9.17, 15) is 4.79 Å². The number of carbonyl (C=O) groups is 1. The van der Waals surface area contributed by atoms with E-state index in [0.717, 1.165) is 18.4 Å². The minimum Gasteiger partial charge on any atom is -0.368 e. The number of amides is 1. The van der Waals surface area contributed by atoms with Gasteiger partial charge < -0.3 is 15.0 Å². The van der Waals surface area contributed by atoms with E-state index in [1.54, 1.807) is 12.5 Å². The maximum atomic E-state index is 11.8. The number of pyridine rings is 1. The number of aromatic amines is 1. The quantitative estimate of drug-likeness (QED) is 0.811. The number of ether oxygens (including phenoxy) is 1. The van der Waals surface area contributed by atoms with Crippen LogP contribution in [0, 0.1) is 0 Å². The van der Waals surface area contributed by atoms with Crippen LogP contribution in [-0.2, 0) is 9.53 Å². The van der Waals surface area contributed by atoms with E-state index in [-0.39, 0.29) is 12.0 Å². The first-order valence-corrected chi connectivity index (χ1v) is 5.54. The Bertz CT molecular complexity index is 545. The van der Waals surface area contributed by atoms with Gasteiger partial charge >= 0.3 is 0 Å². The van der Waals surface area contributed by atoms with Crippen LogP contribution < -0.4 is 5.32 Å². The van der Waals surface area contributed by atoms with Gasteiger partial charge in [-0.25, -0.2) is 9.97 Å². The molecule has 0 aromatic carbocycles. The summed E-state index contributed by atoms with van der Waals surface area (Å²) < 4.78 is 5.31. The summed E-state index contributed by atoms with van der Waals surface area (Å²) >= 11 is 0. The maximum absolute atomic E-state index is 11.8. The molecule has 0 spiro atoms. The zero-order valence-electron chi connectivity index (χ0n) is 9.14. The fraction of sp³-hybridized carbons (Fsp3) is 0.364. The second-order valence-corrected chi connectivity index (χ2v) is 3.99. The number of anilines is 1. The average molecular weight is 232 g/mol. The first-order valence-electron chi connectivity index (χ1n) is 5.54. The van der Waals surface area contributed by atoms with Crippen LogP contribution in [0.25, 0.3) is 11.2 Å². The lowest BCUT2D eigenvalue weighted by molar-refractivity contribution is -0.124. The maximum Gasteiger partial charge on any atom is 0.253 e. The molecule has 0 bridgehead atoms. The standard InChI is InChI=1S/C11H12N4O2/c16-11(9-2-1-3-17-9)15-7-4-8-10(12-5-7)14-6-13-8/h4-6,9H,1-3H2,(H,15,16)(H,12,13,14). The fourth-order valence-electron chi connectivity index (χ4n) is 1.91. The molecule has 0 aliphatic carbocycles. The van der Waals surface area contributed by atoms with Gasteiger partial charge in [0.15, 0.2) is 5.65 Å². The number of hydrogen-bond donors (Lipinski definition) is 2. The summed E-state index contributed by atoms with van der Waals surface area (Å²) in [6, 6.07) is 1.81. The Morgan fingerprint density at radius 1 is 1.53 bits per heavy atom. The molecule has 1 aliphatic heterocycles. The summed E-state index contributed by atoms with van der Waals surface area (Å²) in [5, 5.41) is 2.79. The van der Waals surface area contributed by atoms with E-state index < -0.39 is 0 Å². The molecule has 2 aromatic rings. The largest absolute Gasteiger partial charge is 0.368 e. The SMILES string of the molecule is O=C(Nc1cnc2nc[nH]c2c1)C1CCCO1. The molecule has 1 unspecified atom stereocenters. The van der Waals surface area contributed by atoms with Crippen LogP contribution in [0.4, 0.5) is 5.69 Å². The third-order valence-electron chi connectivity index (χ3n) is 2.76. The topological polar surface area (TPSA) is 79.9 Å². The van der Waals surface area contributed by atoms with Gasteiger partial charge in [0, 0.05) is 6.61 Å². The highest BCUT2D eigenvalue weighted by atomic mass is 16.5. The third-order valence-corrected chi connectivity index (χ3v) is 2.76. The normalized spacial score (nSPS) is 19.6. The van der Waals surface area contributed by atoms with E-state index in [0.29, 0.717) is 17.9 Å². The zero-order valence-corrected chi connectivity index (χ0v) is 9.14. The van der Waals surface area contributed by atoms with E-state index >= 15 is 0 Å². The minimum absolute atomic E-state index is 0.108. The molecule has 0 radical (unpaired) electrons. The van der Waals surface area contributed by atoms with Crippen molar-refractivity contribution in [3.8, 4) is 0 Å². The summed E-state index contributed by atoms with van der Waals surface area (Å²) in [6.45, 7) is 0.663. The second-order valence-electron chi connectivity index (χ2n) is 3.99. The molecule has 17 heavy (non-hydrogen) atoms. The van der Waals surface area contributed by atoms with Crippen molar-refractivity contribution in [1.82, 2.24) is 15.0 Å². The third kappa shape index (κ3) is 1.99. The lowest BCUT2D eigenvalue weighted by Crippen LogP contribution is -2.26. The van der Waals surface area contributed by atoms with Crippen LogP contribution in [0.15, 0.2) is 18.6 Å². The molecular formula is C11H12N4O2. The lowest BCUT2D eigenvalue weighted by atomic mass is 10.2. The molecular weight excluding hydrogens is 220 g/mol. The summed E-state index contributed by atoms with van der Waals surface area (Å²) in [5.41, 5.74) is 2.09. The van der Waals surface area contributed by atoms with Gasteiger partial charge in [0.25, 0.3) is 5.91 Å². The number of aromatic nitrogens is 3. The van der Waals surface area contributed by atoms with Crippen LogP contribution in [0.2, 0.25) is 0 Å². The molecule has 88 valence electrons. The van der Waals surface area contributed by atoms with Crippen LogP contribution in [0.3, 0.4) is 0 Å². The predicted octanol–water partition coefficient (Wildman–Crippen LogP) is 1.08. The molecule has 2 N–H and O–H groups in total. The van der Waals surface area contributed by atoms with Gasteiger partial charge in [-0.05, 0) is 18.9 Å². The molecule has 6 heteroatoms. The Morgan fingerprint density at radius 2 is 2.47 bits per heavy atom. The molecule has 1 saturated heterocycles. The molecule has 6 nitrogen and oxygen atoms in total. The van der Waals surface area contributed by atoms with Crippen molar-refractivity contribution in [2.75, 3.05) is 11.9 Å². The number of H-pyrrole nitrogens is 1.